The number of nitrogens with zero attached hydrogens (tertiary/aromatic N) is 6. The van der Waals surface area contributed by atoms with Crippen LogP contribution in [-0.4, -0.2) is 80.3 Å². The number of rotatable bonds is 10. The molecular weight excluding hydrogens is 602 g/mol. The van der Waals surface area contributed by atoms with Gasteiger partial charge in [-0.2, -0.15) is 0 Å². The van der Waals surface area contributed by atoms with Crippen molar-refractivity contribution in [2.75, 3.05) is 18.9 Å². The Morgan fingerprint density at radius 1 is 1.02 bits per heavy atom. The number of nitrogens with one attached hydrogen (secondary N) is 1. The predicted molar refractivity (Wildman–Crippen MR) is 140 cm³/mol. The standard InChI is InChI=1S/C21H26N8O11P2/c22-17-13-3-4-28(18(13)24-8-23-17)15-2-1-11(38-15)6-37-42(34,35)40-14-5-12(7-36-41(31,32)33)39-21(14)29-10-27-16-19(29)25-9-26-20(16)30/h3-4,8-12,14-15,21H,1-2,5-7H2,(H,34,35)(H2,22,23,24)(H,25,26,30)(H2,31,32,33)/t11-,12-,14?,15+,21+/m0/s1. The van der Waals surface area contributed by atoms with E-state index in [0.717, 1.165) is 6.33 Å². The van der Waals surface area contributed by atoms with Crippen molar-refractivity contribution in [1.29, 1.82) is 0 Å². The second-order valence-corrected chi connectivity index (χ2v) is 12.3. The fourth-order valence-electron chi connectivity index (χ4n) is 5.01. The second kappa shape index (κ2) is 11.2. The van der Waals surface area contributed by atoms with Gasteiger partial charge in [0.25, 0.3) is 5.56 Å². The number of phosphoric acid groups is 2. The van der Waals surface area contributed by atoms with Gasteiger partial charge < -0.3 is 39.4 Å². The largest absolute Gasteiger partial charge is 0.472 e. The summed E-state index contributed by atoms with van der Waals surface area (Å²) in [6, 6.07) is 1.78. The predicted octanol–water partition coefficient (Wildman–Crippen LogP) is 0.723. The van der Waals surface area contributed by atoms with E-state index in [-0.39, 0.29) is 24.2 Å². The van der Waals surface area contributed by atoms with Gasteiger partial charge in [-0.1, -0.05) is 0 Å². The molecular formula is C21H26N8O11P2. The lowest BCUT2D eigenvalue weighted by molar-refractivity contribution is -0.0531. The monoisotopic (exact) mass is 628 g/mol. The van der Waals surface area contributed by atoms with E-state index in [0.29, 0.717) is 29.7 Å². The van der Waals surface area contributed by atoms with Crippen molar-refractivity contribution < 1.29 is 46.9 Å². The first-order valence-electron chi connectivity index (χ1n) is 12.6. The lowest BCUT2D eigenvalue weighted by Crippen LogP contribution is -2.23. The maximum Gasteiger partial charge on any atom is 0.472 e. The summed E-state index contributed by atoms with van der Waals surface area (Å²) in [7, 11) is -9.55. The highest BCUT2D eigenvalue weighted by Crippen LogP contribution is 2.50. The molecule has 6 rings (SSSR count). The molecule has 0 bridgehead atoms. The molecule has 21 heteroatoms. The molecule has 0 aliphatic carbocycles. The van der Waals surface area contributed by atoms with Crippen molar-refractivity contribution in [3.05, 3.63) is 41.6 Å². The van der Waals surface area contributed by atoms with Crippen LogP contribution >= 0.6 is 15.6 Å². The summed E-state index contributed by atoms with van der Waals surface area (Å²) in [5.74, 6) is 0.339. The summed E-state index contributed by atoms with van der Waals surface area (Å²) in [5, 5.41) is 0.678. The van der Waals surface area contributed by atoms with Crippen LogP contribution in [0.4, 0.5) is 5.82 Å². The van der Waals surface area contributed by atoms with Crippen molar-refractivity contribution in [2.45, 2.75) is 50.0 Å². The number of aromatic amines is 1. The van der Waals surface area contributed by atoms with Crippen molar-refractivity contribution >= 4 is 43.7 Å². The van der Waals surface area contributed by atoms with Crippen LogP contribution in [0.5, 0.6) is 0 Å². The molecule has 4 aromatic heterocycles. The molecule has 6 N–H and O–H groups in total. The quantitative estimate of drug-likeness (QED) is 0.152. The average molecular weight is 628 g/mol. The number of aromatic nitrogens is 7. The Morgan fingerprint density at radius 2 is 1.83 bits per heavy atom. The van der Waals surface area contributed by atoms with E-state index in [1.54, 1.807) is 16.8 Å². The zero-order chi connectivity index (χ0) is 29.6. The topological polar surface area (TPSA) is 261 Å². The zero-order valence-corrected chi connectivity index (χ0v) is 23.4. The number of hydrogen-bond acceptors (Lipinski definition) is 13. The Labute approximate surface area is 235 Å². The molecule has 0 saturated carbocycles. The van der Waals surface area contributed by atoms with Crippen LogP contribution in [0.3, 0.4) is 0 Å². The lowest BCUT2D eigenvalue weighted by Gasteiger charge is -2.23. The molecule has 0 radical (unpaired) electrons. The molecule has 0 spiro atoms. The van der Waals surface area contributed by atoms with Gasteiger partial charge in [-0.3, -0.25) is 22.9 Å². The van der Waals surface area contributed by atoms with Gasteiger partial charge >= 0.3 is 15.6 Å². The molecule has 2 fully saturated rings. The minimum Gasteiger partial charge on any atom is -0.383 e. The van der Waals surface area contributed by atoms with Crippen molar-refractivity contribution in [1.82, 2.24) is 34.1 Å². The van der Waals surface area contributed by atoms with Crippen LogP contribution < -0.4 is 11.3 Å². The number of phosphoric ester groups is 2. The van der Waals surface area contributed by atoms with E-state index >= 15 is 0 Å². The first-order valence-corrected chi connectivity index (χ1v) is 15.6. The number of nitrogens with two attached hydrogens (primary N) is 1. The Bertz CT molecular complexity index is 1750. The highest BCUT2D eigenvalue weighted by molar-refractivity contribution is 7.47. The van der Waals surface area contributed by atoms with Crippen molar-refractivity contribution in [2.24, 2.45) is 0 Å². The van der Waals surface area contributed by atoms with Crippen LogP contribution in [0, 0.1) is 0 Å². The molecule has 6 atom stereocenters. The molecule has 2 aliphatic rings. The Kier molecular flexibility index (Phi) is 7.73. The zero-order valence-electron chi connectivity index (χ0n) is 21.6. The van der Waals surface area contributed by atoms with Gasteiger partial charge in [-0.05, 0) is 18.9 Å². The molecule has 0 aromatic carbocycles. The number of imidazole rings is 1. The molecule has 226 valence electrons. The van der Waals surface area contributed by atoms with E-state index in [2.05, 4.69) is 29.4 Å². The van der Waals surface area contributed by atoms with Gasteiger partial charge in [0.2, 0.25) is 0 Å². The van der Waals surface area contributed by atoms with E-state index in [1.165, 1.54) is 17.2 Å². The first-order chi connectivity index (χ1) is 20.0. The van der Waals surface area contributed by atoms with E-state index in [9.17, 15) is 18.8 Å². The minimum absolute atomic E-state index is 0.0178. The summed E-state index contributed by atoms with van der Waals surface area (Å²) in [6.07, 6.45) is 2.25. The van der Waals surface area contributed by atoms with Crippen LogP contribution in [0.2, 0.25) is 0 Å². The third-order valence-corrected chi connectivity index (χ3v) is 8.34. The number of anilines is 1. The van der Waals surface area contributed by atoms with Gasteiger partial charge in [-0.25, -0.2) is 29.1 Å². The Balaban J connectivity index is 1.13. The third-order valence-electron chi connectivity index (χ3n) is 6.84. The number of fused-ring (bicyclic) bond motifs is 2. The molecule has 19 nitrogen and oxygen atoms in total. The van der Waals surface area contributed by atoms with Crippen molar-refractivity contribution in [3.63, 3.8) is 0 Å². The molecule has 6 heterocycles. The van der Waals surface area contributed by atoms with Gasteiger partial charge in [-0.15, -0.1) is 0 Å². The van der Waals surface area contributed by atoms with E-state index < -0.39 is 58.6 Å². The molecule has 2 unspecified atom stereocenters. The third kappa shape index (κ3) is 6.02. The van der Waals surface area contributed by atoms with Crippen LogP contribution in [0.1, 0.15) is 31.7 Å². The molecule has 42 heavy (non-hydrogen) atoms. The average Bonchev–Trinajstić information content (AvgIpc) is 3.71. The molecule has 0 amide bonds. The maximum absolute atomic E-state index is 13.0. The SMILES string of the molecule is Nc1ncnc2c1ccn2[C@H]1CC[C@@H](COP(=O)(O)OC2C[C@@H](COP(=O)(O)O)O[C@H]2n2cnc3c(=O)[nH]cnc32)O1. The van der Waals surface area contributed by atoms with Crippen LogP contribution in [-0.2, 0) is 32.2 Å². The Hall–Kier alpha value is -3.09. The summed E-state index contributed by atoms with van der Waals surface area (Å²) in [4.78, 5) is 59.6. The molecule has 2 saturated heterocycles. The maximum atomic E-state index is 13.0. The summed E-state index contributed by atoms with van der Waals surface area (Å²) in [6.45, 7) is -0.811. The summed E-state index contributed by atoms with van der Waals surface area (Å²) < 4.78 is 54.5. The van der Waals surface area contributed by atoms with Crippen molar-refractivity contribution in [3.8, 4) is 0 Å². The van der Waals surface area contributed by atoms with Crippen LogP contribution in [0.25, 0.3) is 22.2 Å². The van der Waals surface area contributed by atoms with Gasteiger partial charge in [0.1, 0.15) is 30.1 Å². The van der Waals surface area contributed by atoms with Gasteiger partial charge in [0.15, 0.2) is 17.4 Å². The number of hydrogen-bond donors (Lipinski definition) is 5. The molecule has 2 aliphatic heterocycles. The highest BCUT2D eigenvalue weighted by atomic mass is 31.2. The van der Waals surface area contributed by atoms with Crippen LogP contribution in [0.15, 0.2) is 36.0 Å². The fourth-order valence-corrected chi connectivity index (χ4v) is 6.32. The number of nitrogen functional groups attached to an aromatic ring is 1. The summed E-state index contributed by atoms with van der Waals surface area (Å²) in [5.41, 5.74) is 6.05. The smallest absolute Gasteiger partial charge is 0.383 e. The fraction of sp³-hybridized carbons (Fsp3) is 0.476. The Morgan fingerprint density at radius 3 is 2.64 bits per heavy atom. The van der Waals surface area contributed by atoms with E-state index in [1.807, 2.05) is 0 Å². The lowest BCUT2D eigenvalue weighted by atomic mass is 10.2. The van der Waals surface area contributed by atoms with Gasteiger partial charge in [0, 0.05) is 12.6 Å². The number of H-pyrrole nitrogens is 1. The minimum atomic E-state index is -4.82. The molecule has 4 aromatic rings. The first kappa shape index (κ1) is 29.0. The summed E-state index contributed by atoms with van der Waals surface area (Å²) >= 11 is 0. The van der Waals surface area contributed by atoms with E-state index in [4.69, 9.17) is 34.0 Å². The van der Waals surface area contributed by atoms with Gasteiger partial charge in [0.05, 0.1) is 43.5 Å². The normalized spacial score (nSPS) is 26.3. The second-order valence-electron chi connectivity index (χ2n) is 9.64. The number of ether oxygens (including phenoxy) is 2. The highest BCUT2D eigenvalue weighted by Gasteiger charge is 2.44.